The number of aromatic nitrogens is 2. The Hall–Kier alpha value is -2.24. The number of H-pyrrole nitrogens is 2. The first kappa shape index (κ1) is 26.0. The predicted molar refractivity (Wildman–Crippen MR) is 63.6 cm³/mol. The minimum Gasteiger partial charge on any atom is -0.397 e. The van der Waals surface area contributed by atoms with Crippen molar-refractivity contribution in [1.29, 1.82) is 0 Å². The van der Waals surface area contributed by atoms with Crippen molar-refractivity contribution < 1.29 is 67.7 Å². The maximum atomic E-state index is 8.49. The van der Waals surface area contributed by atoms with E-state index in [1.54, 1.807) is 36.9 Å². The van der Waals surface area contributed by atoms with Crippen LogP contribution in [0.5, 0.6) is 0 Å². The van der Waals surface area contributed by atoms with Gasteiger partial charge in [0.1, 0.15) is 11.4 Å². The van der Waals surface area contributed by atoms with Crippen LogP contribution in [0.2, 0.25) is 0 Å². The first-order valence-electron chi connectivity index (χ1n) is 5.87. The van der Waals surface area contributed by atoms with Crippen LogP contribution in [0.4, 0.5) is 22.7 Å². The third kappa shape index (κ3) is 24.0. The van der Waals surface area contributed by atoms with Crippen molar-refractivity contribution in [3.63, 3.8) is 0 Å². The molecule has 26 heavy (non-hydrogen) atoms. The summed E-state index contributed by atoms with van der Waals surface area (Å²) in [7, 11) is -9.89. The Bertz CT molecular complexity index is 530. The van der Waals surface area contributed by atoms with Crippen LogP contribution in [0, 0.1) is 20.5 Å². The van der Waals surface area contributed by atoms with E-state index in [4.69, 9.17) is 60.2 Å². The number of halogens is 2. The lowest BCUT2D eigenvalue weighted by atomic mass is 10.4. The van der Waals surface area contributed by atoms with Gasteiger partial charge in [-0.2, -0.15) is 0 Å². The normalized spacial score (nSPS) is 10.2. The molecule has 2 aromatic heterocycles. The number of hydrogen-bond donors (Lipinski definition) is 4. The van der Waals surface area contributed by atoms with Gasteiger partial charge in [0.15, 0.2) is 24.8 Å². The van der Waals surface area contributed by atoms with E-state index in [2.05, 4.69) is 9.97 Å². The Morgan fingerprint density at radius 1 is 0.538 bits per heavy atom. The highest BCUT2D eigenvalue weighted by molar-refractivity contribution is 5.59. The maximum absolute atomic E-state index is 8.49. The summed E-state index contributed by atoms with van der Waals surface area (Å²) in [4.78, 5) is 5.59. The van der Waals surface area contributed by atoms with E-state index in [1.165, 1.54) is 0 Å². The van der Waals surface area contributed by atoms with Gasteiger partial charge in [0.05, 0.1) is 11.4 Å². The molecule has 0 aliphatic heterocycles. The van der Waals surface area contributed by atoms with E-state index in [9.17, 15) is 0 Å². The van der Waals surface area contributed by atoms with Gasteiger partial charge >= 0.3 is 0 Å². The Balaban J connectivity index is 0. The number of hydrogen-bond acceptors (Lipinski definition) is 12. The molecular formula is C10H16Cl2N6O8. The zero-order valence-electron chi connectivity index (χ0n) is 12.8. The van der Waals surface area contributed by atoms with Gasteiger partial charge < -0.3 is 22.9 Å². The fraction of sp³-hybridized carbons (Fsp3) is 0. The number of rotatable bonds is 0. The quantitative estimate of drug-likeness (QED) is 0.309. The molecule has 0 fully saturated rings. The van der Waals surface area contributed by atoms with E-state index in [1.807, 2.05) is 0 Å². The summed E-state index contributed by atoms with van der Waals surface area (Å²) < 4.78 is 67.9. The molecule has 0 unspecified atom stereocenters. The molecule has 10 N–H and O–H groups in total. The molecule has 0 radical (unpaired) electrons. The molecule has 0 saturated carbocycles. The fourth-order valence-corrected chi connectivity index (χ4v) is 0.911. The van der Waals surface area contributed by atoms with Crippen LogP contribution in [0.3, 0.4) is 0 Å². The SMILES string of the molecule is Nc1cc[nH+]cc1N.Nc1cc[nH+]cc1N.[O-][Cl+3]([O-])([O-])[O-].[O-][Cl+3]([O-])([O-])[O-]. The second-order valence-electron chi connectivity index (χ2n) is 3.87. The van der Waals surface area contributed by atoms with E-state index in [0.29, 0.717) is 22.7 Å². The van der Waals surface area contributed by atoms with E-state index in [0.717, 1.165) is 0 Å². The average Bonchev–Trinajstić information content (AvgIpc) is 2.43. The molecule has 0 amide bonds. The lowest BCUT2D eigenvalue weighted by molar-refractivity contribution is -2.00. The van der Waals surface area contributed by atoms with Gasteiger partial charge in [0, 0.05) is 12.1 Å². The number of pyridine rings is 2. The second-order valence-corrected chi connectivity index (χ2v) is 5.38. The molecule has 2 rings (SSSR count). The standard InChI is InChI=1S/2C5H7N3.2ClHO4/c2*6-4-1-2-8-3-5(4)7;2*2-1(3,4)5/h2*1-3H,7H2,(H2,6,8);2*(H,2,3,4,5). The molecule has 0 aliphatic carbocycles. The summed E-state index contributed by atoms with van der Waals surface area (Å²) in [6.07, 6.45) is 6.75. The highest BCUT2D eigenvalue weighted by Gasteiger charge is 1.92. The molecule has 0 atom stereocenters. The van der Waals surface area contributed by atoms with Gasteiger partial charge in [0.2, 0.25) is 0 Å². The van der Waals surface area contributed by atoms with Crippen LogP contribution in [0.15, 0.2) is 36.9 Å². The smallest absolute Gasteiger partial charge is 0.192 e. The lowest BCUT2D eigenvalue weighted by Gasteiger charge is -2.17. The van der Waals surface area contributed by atoms with Crippen molar-refractivity contribution in [1.82, 2.24) is 0 Å². The predicted octanol–water partition coefficient (Wildman–Crippen LogP) is -10.2. The summed E-state index contributed by atoms with van der Waals surface area (Å²) in [6, 6.07) is 3.44. The summed E-state index contributed by atoms with van der Waals surface area (Å²) in [5.74, 6) is 0. The molecule has 148 valence electrons. The topological polar surface area (TPSA) is 317 Å². The zero-order chi connectivity index (χ0) is 21.0. The molecule has 0 aromatic carbocycles. The van der Waals surface area contributed by atoms with Gasteiger partial charge in [-0.05, 0) is 0 Å². The van der Waals surface area contributed by atoms with Crippen molar-refractivity contribution >= 4 is 22.7 Å². The van der Waals surface area contributed by atoms with Gasteiger partial charge in [-0.15, -0.1) is 20.5 Å². The van der Waals surface area contributed by atoms with E-state index >= 15 is 0 Å². The van der Waals surface area contributed by atoms with Crippen LogP contribution < -0.4 is 70.2 Å². The van der Waals surface area contributed by atoms with E-state index in [-0.39, 0.29) is 0 Å². The average molecular weight is 419 g/mol. The van der Waals surface area contributed by atoms with Crippen molar-refractivity contribution in [2.24, 2.45) is 0 Å². The highest BCUT2D eigenvalue weighted by Crippen LogP contribution is 2.06. The van der Waals surface area contributed by atoms with E-state index < -0.39 is 20.5 Å². The maximum Gasteiger partial charge on any atom is 0.192 e. The monoisotopic (exact) mass is 418 g/mol. The summed E-state index contributed by atoms with van der Waals surface area (Å²) in [5, 5.41) is 0. The second kappa shape index (κ2) is 12.2. The van der Waals surface area contributed by atoms with Crippen molar-refractivity contribution in [2.75, 3.05) is 22.9 Å². The van der Waals surface area contributed by atoms with Crippen LogP contribution in [-0.2, 0) is 0 Å². The molecule has 16 heteroatoms. The van der Waals surface area contributed by atoms with Gasteiger partial charge in [0.25, 0.3) is 0 Å². The number of nitrogens with two attached hydrogens (primary N) is 4. The Morgan fingerprint density at radius 2 is 0.769 bits per heavy atom. The molecule has 0 saturated heterocycles. The fourth-order valence-electron chi connectivity index (χ4n) is 0.911. The van der Waals surface area contributed by atoms with Gasteiger partial charge in [-0.25, -0.2) is 47.2 Å². The molecule has 0 aliphatic rings. The first-order chi connectivity index (χ1) is 11.6. The lowest BCUT2D eigenvalue weighted by Crippen LogP contribution is -2.68. The summed E-state index contributed by atoms with van der Waals surface area (Å²) in [5.41, 5.74) is 23.9. The molecular weight excluding hydrogens is 403 g/mol. The van der Waals surface area contributed by atoms with Crippen LogP contribution in [0.1, 0.15) is 0 Å². The minimum atomic E-state index is -4.94. The highest BCUT2D eigenvalue weighted by atomic mass is 35.7. The molecule has 0 spiro atoms. The number of aromatic amines is 2. The number of nitrogen functional groups attached to an aromatic ring is 4. The van der Waals surface area contributed by atoms with Gasteiger partial charge in [-0.3, -0.25) is 0 Å². The molecule has 14 nitrogen and oxygen atoms in total. The van der Waals surface area contributed by atoms with Crippen molar-refractivity contribution in [3.05, 3.63) is 36.9 Å². The van der Waals surface area contributed by atoms with Crippen LogP contribution in [0.25, 0.3) is 0 Å². The minimum absolute atomic E-state index is 0.590. The third-order valence-electron chi connectivity index (χ3n) is 1.86. The Labute approximate surface area is 151 Å². The Kier molecular flexibility index (Phi) is 12.2. The Morgan fingerprint density at radius 3 is 0.885 bits per heavy atom. The number of nitrogens with one attached hydrogen (secondary N) is 2. The number of anilines is 4. The molecule has 0 bridgehead atoms. The summed E-state index contributed by atoms with van der Waals surface area (Å²) >= 11 is 0. The largest absolute Gasteiger partial charge is 0.397 e. The molecule has 2 aromatic rings. The van der Waals surface area contributed by atoms with Crippen molar-refractivity contribution in [3.8, 4) is 0 Å². The molecule has 2 heterocycles. The first-order valence-corrected chi connectivity index (χ1v) is 8.33. The summed E-state index contributed by atoms with van der Waals surface area (Å²) in [6.45, 7) is 0. The van der Waals surface area contributed by atoms with Crippen LogP contribution in [-0.4, -0.2) is 0 Å². The zero-order valence-corrected chi connectivity index (χ0v) is 14.3. The third-order valence-corrected chi connectivity index (χ3v) is 1.86. The van der Waals surface area contributed by atoms with Crippen molar-refractivity contribution in [2.45, 2.75) is 0 Å². The van der Waals surface area contributed by atoms with Crippen LogP contribution >= 0.6 is 0 Å². The van der Waals surface area contributed by atoms with Gasteiger partial charge in [-0.1, -0.05) is 0 Å².